The van der Waals surface area contributed by atoms with Gasteiger partial charge in [-0.05, 0) is 61.7 Å². The van der Waals surface area contributed by atoms with Gasteiger partial charge in [-0.2, -0.15) is 0 Å². The molecule has 2 aliphatic rings. The van der Waals surface area contributed by atoms with Crippen molar-refractivity contribution in [1.29, 1.82) is 0 Å². The number of aliphatic hydroxyl groups is 1. The minimum Gasteiger partial charge on any atom is -0.393 e. The van der Waals surface area contributed by atoms with E-state index in [1.165, 1.54) is 57.8 Å². The smallest absolute Gasteiger partial charge is 0.0540 e. The maximum Gasteiger partial charge on any atom is 0.0540 e. The van der Waals surface area contributed by atoms with Crippen molar-refractivity contribution in [3.8, 4) is 0 Å². The maximum atomic E-state index is 9.72. The van der Waals surface area contributed by atoms with Crippen LogP contribution in [0.3, 0.4) is 0 Å². The van der Waals surface area contributed by atoms with Gasteiger partial charge in [0.15, 0.2) is 0 Å². The zero-order chi connectivity index (χ0) is 14.6. The fourth-order valence-electron chi connectivity index (χ4n) is 4.84. The van der Waals surface area contributed by atoms with Gasteiger partial charge >= 0.3 is 0 Å². The third kappa shape index (κ3) is 4.00. The van der Waals surface area contributed by atoms with E-state index in [0.717, 1.165) is 30.6 Å². The first-order valence-electron chi connectivity index (χ1n) is 9.22. The van der Waals surface area contributed by atoms with E-state index in [-0.39, 0.29) is 6.10 Å². The largest absolute Gasteiger partial charge is 0.393 e. The number of hydrogen-bond donors (Lipinski definition) is 1. The van der Waals surface area contributed by atoms with Crippen LogP contribution in [0.4, 0.5) is 0 Å². The molecule has 0 atom stereocenters. The molecule has 118 valence electrons. The first kappa shape index (κ1) is 16.3. The van der Waals surface area contributed by atoms with E-state index in [9.17, 15) is 5.11 Å². The van der Waals surface area contributed by atoms with Gasteiger partial charge in [-0.25, -0.2) is 0 Å². The maximum absolute atomic E-state index is 9.72. The molecule has 0 saturated heterocycles. The predicted octanol–water partition coefficient (Wildman–Crippen LogP) is 5.56. The first-order valence-corrected chi connectivity index (χ1v) is 9.22. The molecule has 2 saturated carbocycles. The molecular weight excluding hydrogens is 244 g/mol. The van der Waals surface area contributed by atoms with E-state index in [4.69, 9.17) is 0 Å². The van der Waals surface area contributed by atoms with Crippen LogP contribution in [0.1, 0.15) is 91.4 Å². The molecule has 2 aliphatic carbocycles. The number of aliphatic hydroxyl groups excluding tert-OH is 1. The lowest BCUT2D eigenvalue weighted by Crippen LogP contribution is -2.37. The van der Waals surface area contributed by atoms with Crippen molar-refractivity contribution in [3.63, 3.8) is 0 Å². The SMILES string of the molecule is CCCCC1CCC(C(C)(C)C2CCC(O)CC2)CC1. The monoisotopic (exact) mass is 280 g/mol. The van der Waals surface area contributed by atoms with Crippen LogP contribution in [0, 0.1) is 23.2 Å². The highest BCUT2D eigenvalue weighted by Crippen LogP contribution is 2.49. The van der Waals surface area contributed by atoms with Gasteiger partial charge in [0, 0.05) is 0 Å². The minimum atomic E-state index is -0.00756. The van der Waals surface area contributed by atoms with Gasteiger partial charge in [0.2, 0.25) is 0 Å². The minimum absolute atomic E-state index is 0.00756. The van der Waals surface area contributed by atoms with E-state index < -0.39 is 0 Å². The lowest BCUT2D eigenvalue weighted by molar-refractivity contribution is 0.0156. The second kappa shape index (κ2) is 7.29. The molecule has 0 bridgehead atoms. The van der Waals surface area contributed by atoms with Gasteiger partial charge < -0.3 is 5.11 Å². The highest BCUT2D eigenvalue weighted by Gasteiger charge is 2.40. The van der Waals surface area contributed by atoms with Crippen LogP contribution >= 0.6 is 0 Å². The van der Waals surface area contributed by atoms with E-state index >= 15 is 0 Å². The van der Waals surface area contributed by atoms with Crippen LogP contribution in [-0.2, 0) is 0 Å². The average molecular weight is 280 g/mol. The zero-order valence-corrected chi connectivity index (χ0v) is 14.0. The topological polar surface area (TPSA) is 20.2 Å². The van der Waals surface area contributed by atoms with Gasteiger partial charge in [-0.15, -0.1) is 0 Å². The summed E-state index contributed by atoms with van der Waals surface area (Å²) < 4.78 is 0. The van der Waals surface area contributed by atoms with Crippen LogP contribution in [0.15, 0.2) is 0 Å². The van der Waals surface area contributed by atoms with E-state index in [2.05, 4.69) is 20.8 Å². The Morgan fingerprint density at radius 2 is 1.35 bits per heavy atom. The summed E-state index contributed by atoms with van der Waals surface area (Å²) in [6.45, 7) is 7.35. The Kier molecular flexibility index (Phi) is 5.95. The molecule has 1 N–H and O–H groups in total. The van der Waals surface area contributed by atoms with Crippen LogP contribution in [0.25, 0.3) is 0 Å². The summed E-state index contributed by atoms with van der Waals surface area (Å²) >= 11 is 0. The number of hydrogen-bond acceptors (Lipinski definition) is 1. The van der Waals surface area contributed by atoms with Crippen LogP contribution in [0.5, 0.6) is 0 Å². The molecular formula is C19H36O. The van der Waals surface area contributed by atoms with Gasteiger partial charge in [0.1, 0.15) is 0 Å². The Bertz CT molecular complexity index is 267. The molecule has 0 aromatic rings. The second-order valence-electron chi connectivity index (χ2n) is 8.19. The van der Waals surface area contributed by atoms with Crippen molar-refractivity contribution in [2.75, 3.05) is 0 Å². The van der Waals surface area contributed by atoms with Crippen molar-refractivity contribution < 1.29 is 5.11 Å². The summed E-state index contributed by atoms with van der Waals surface area (Å²) in [5, 5.41) is 9.72. The van der Waals surface area contributed by atoms with Crippen molar-refractivity contribution in [3.05, 3.63) is 0 Å². The molecule has 0 radical (unpaired) electrons. The Hall–Kier alpha value is -0.0400. The summed E-state index contributed by atoms with van der Waals surface area (Å²) in [5.74, 6) is 2.80. The average Bonchev–Trinajstić information content (AvgIpc) is 2.46. The Morgan fingerprint density at radius 3 is 1.85 bits per heavy atom. The Labute approximate surface area is 126 Å². The molecule has 2 fully saturated rings. The van der Waals surface area contributed by atoms with Gasteiger partial charge in [-0.1, -0.05) is 52.9 Å². The van der Waals surface area contributed by atoms with Crippen molar-refractivity contribution >= 4 is 0 Å². The van der Waals surface area contributed by atoms with Crippen molar-refractivity contribution in [2.24, 2.45) is 23.2 Å². The molecule has 0 unspecified atom stereocenters. The normalized spacial score (nSPS) is 36.0. The van der Waals surface area contributed by atoms with Crippen LogP contribution < -0.4 is 0 Å². The molecule has 1 nitrogen and oxygen atoms in total. The fourth-order valence-corrected chi connectivity index (χ4v) is 4.84. The first-order chi connectivity index (χ1) is 9.54. The predicted molar refractivity (Wildman–Crippen MR) is 86.7 cm³/mol. The third-order valence-electron chi connectivity index (χ3n) is 6.61. The summed E-state index contributed by atoms with van der Waals surface area (Å²) in [6, 6.07) is 0. The lowest BCUT2D eigenvalue weighted by Gasteiger charge is -2.46. The summed E-state index contributed by atoms with van der Waals surface area (Å²) in [4.78, 5) is 0. The van der Waals surface area contributed by atoms with E-state index in [1.54, 1.807) is 0 Å². The summed E-state index contributed by atoms with van der Waals surface area (Å²) in [7, 11) is 0. The lowest BCUT2D eigenvalue weighted by atomic mass is 9.59. The van der Waals surface area contributed by atoms with E-state index in [0.29, 0.717) is 5.41 Å². The Morgan fingerprint density at radius 1 is 0.850 bits per heavy atom. The molecule has 0 amide bonds. The van der Waals surface area contributed by atoms with Crippen molar-refractivity contribution in [2.45, 2.75) is 97.5 Å². The second-order valence-corrected chi connectivity index (χ2v) is 8.19. The highest BCUT2D eigenvalue weighted by molar-refractivity contribution is 4.90. The molecule has 0 aliphatic heterocycles. The van der Waals surface area contributed by atoms with Gasteiger partial charge in [0.25, 0.3) is 0 Å². The van der Waals surface area contributed by atoms with Gasteiger partial charge in [-0.3, -0.25) is 0 Å². The number of unbranched alkanes of at least 4 members (excludes halogenated alkanes) is 1. The van der Waals surface area contributed by atoms with E-state index in [1.807, 2.05) is 0 Å². The summed E-state index contributed by atoms with van der Waals surface area (Å²) in [6.07, 6.45) is 14.7. The molecule has 1 heteroatoms. The molecule has 0 aromatic carbocycles. The molecule has 0 spiro atoms. The summed E-state index contributed by atoms with van der Waals surface area (Å²) in [5.41, 5.74) is 0.496. The van der Waals surface area contributed by atoms with Crippen molar-refractivity contribution in [1.82, 2.24) is 0 Å². The fraction of sp³-hybridized carbons (Fsp3) is 1.00. The zero-order valence-electron chi connectivity index (χ0n) is 14.0. The molecule has 0 heterocycles. The Balaban J connectivity index is 1.82. The third-order valence-corrected chi connectivity index (χ3v) is 6.61. The van der Waals surface area contributed by atoms with Crippen LogP contribution in [-0.4, -0.2) is 11.2 Å². The standard InChI is InChI=1S/C19H36O/c1-4-5-6-15-7-9-16(10-8-15)19(2,3)17-11-13-18(20)14-12-17/h15-18,20H,4-14H2,1-3H3. The number of rotatable bonds is 5. The molecule has 2 rings (SSSR count). The molecule has 0 aromatic heterocycles. The quantitative estimate of drug-likeness (QED) is 0.699. The van der Waals surface area contributed by atoms with Crippen LogP contribution in [0.2, 0.25) is 0 Å². The molecule has 20 heavy (non-hydrogen) atoms. The van der Waals surface area contributed by atoms with Gasteiger partial charge in [0.05, 0.1) is 6.10 Å². The highest BCUT2D eigenvalue weighted by atomic mass is 16.3.